The Morgan fingerprint density at radius 2 is 1.48 bits per heavy atom. The number of urea groups is 1. The maximum Gasteiger partial charge on any atom is 0.332 e. The molecule has 0 aliphatic carbocycles. The Kier molecular flexibility index (Phi) is 6.88. The number of anilines is 2. The number of nitrogens with zero attached hydrogens (tertiary/aromatic N) is 2. The molecule has 0 unspecified atom stereocenters. The maximum absolute atomic E-state index is 13.1. The number of hydrogen-bond donors (Lipinski definition) is 3. The topological polar surface area (TPSA) is 105 Å². The van der Waals surface area contributed by atoms with Gasteiger partial charge in [0.2, 0.25) is 0 Å². The molecule has 0 saturated heterocycles. The second kappa shape index (κ2) is 9.77. The van der Waals surface area contributed by atoms with Crippen molar-refractivity contribution in [2.24, 2.45) is 0 Å². The van der Waals surface area contributed by atoms with E-state index in [4.69, 9.17) is 0 Å². The third-order valence-electron chi connectivity index (χ3n) is 4.56. The standard InChI is InChI=1S/C22H20N4O4S/c1-15-9-5-6-12-17(15)23-21(27)20(16-10-3-2-4-11-16)25(31)22(28)24-18-13-7-8-14-19(18)26(29)30/h2-14,20,31H,1H3,(H,23,27)(H,24,28)/t20-/m1/s1. The van der Waals surface area contributed by atoms with E-state index in [0.29, 0.717) is 11.3 Å². The van der Waals surface area contributed by atoms with Crippen molar-refractivity contribution in [3.63, 3.8) is 0 Å². The van der Waals surface area contributed by atoms with E-state index in [1.165, 1.54) is 18.2 Å². The number of carbonyl (C=O) groups is 2. The van der Waals surface area contributed by atoms with Crippen LogP contribution in [0.4, 0.5) is 21.9 Å². The van der Waals surface area contributed by atoms with Crippen LogP contribution in [0.5, 0.6) is 0 Å². The van der Waals surface area contributed by atoms with Crippen LogP contribution >= 0.6 is 12.8 Å². The zero-order valence-corrected chi connectivity index (χ0v) is 17.5. The molecule has 0 bridgehead atoms. The number of nitro groups is 1. The summed E-state index contributed by atoms with van der Waals surface area (Å²) in [6.45, 7) is 1.85. The zero-order chi connectivity index (χ0) is 22.4. The van der Waals surface area contributed by atoms with Crippen LogP contribution in [-0.4, -0.2) is 21.2 Å². The lowest BCUT2D eigenvalue weighted by molar-refractivity contribution is -0.383. The van der Waals surface area contributed by atoms with Gasteiger partial charge in [0.25, 0.3) is 11.6 Å². The highest BCUT2D eigenvalue weighted by Gasteiger charge is 2.31. The second-order valence-electron chi connectivity index (χ2n) is 6.67. The molecule has 0 spiro atoms. The highest BCUT2D eigenvalue weighted by molar-refractivity contribution is 7.78. The van der Waals surface area contributed by atoms with Crippen molar-refractivity contribution >= 4 is 41.8 Å². The summed E-state index contributed by atoms with van der Waals surface area (Å²) in [7, 11) is 0. The average Bonchev–Trinajstić information content (AvgIpc) is 2.76. The largest absolute Gasteiger partial charge is 0.332 e. The lowest BCUT2D eigenvalue weighted by Crippen LogP contribution is -2.38. The van der Waals surface area contributed by atoms with Gasteiger partial charge in [-0.2, -0.15) is 0 Å². The smallest absolute Gasteiger partial charge is 0.324 e. The molecule has 0 aromatic heterocycles. The highest BCUT2D eigenvalue weighted by atomic mass is 32.1. The number of thiol groups is 1. The number of benzene rings is 3. The summed E-state index contributed by atoms with van der Waals surface area (Å²) in [4.78, 5) is 36.6. The molecule has 158 valence electrons. The number of para-hydroxylation sites is 3. The third-order valence-corrected chi connectivity index (χ3v) is 4.97. The fourth-order valence-electron chi connectivity index (χ4n) is 2.98. The summed E-state index contributed by atoms with van der Waals surface area (Å²) < 4.78 is 0.916. The van der Waals surface area contributed by atoms with Crippen LogP contribution in [0.1, 0.15) is 17.2 Å². The lowest BCUT2D eigenvalue weighted by atomic mass is 10.1. The Balaban J connectivity index is 1.89. The quantitative estimate of drug-likeness (QED) is 0.288. The molecule has 0 fully saturated rings. The molecule has 0 saturated carbocycles. The third kappa shape index (κ3) is 5.20. The number of hydrogen-bond acceptors (Lipinski definition) is 5. The summed E-state index contributed by atoms with van der Waals surface area (Å²) in [5.74, 6) is -0.479. The van der Waals surface area contributed by atoms with Crippen LogP contribution in [0, 0.1) is 17.0 Å². The predicted octanol–water partition coefficient (Wildman–Crippen LogP) is 4.96. The summed E-state index contributed by atoms with van der Waals surface area (Å²) in [5.41, 5.74) is 1.73. The van der Waals surface area contributed by atoms with E-state index < -0.39 is 22.9 Å². The number of aryl methyl sites for hydroxylation is 1. The Morgan fingerprint density at radius 1 is 0.903 bits per heavy atom. The van der Waals surface area contributed by atoms with Gasteiger partial charge in [-0.25, -0.2) is 4.79 Å². The van der Waals surface area contributed by atoms with Gasteiger partial charge in [-0.3, -0.25) is 19.2 Å². The van der Waals surface area contributed by atoms with Gasteiger partial charge >= 0.3 is 6.03 Å². The summed E-state index contributed by atoms with van der Waals surface area (Å²) in [6, 6.07) is 19.8. The molecule has 1 atom stereocenters. The molecule has 9 heteroatoms. The van der Waals surface area contributed by atoms with Crippen LogP contribution in [-0.2, 0) is 4.79 Å². The van der Waals surface area contributed by atoms with E-state index in [1.54, 1.807) is 48.5 Å². The molecule has 3 rings (SSSR count). The van der Waals surface area contributed by atoms with E-state index in [1.807, 2.05) is 19.1 Å². The van der Waals surface area contributed by atoms with Gasteiger partial charge in [0.05, 0.1) is 4.92 Å². The number of nitrogens with one attached hydrogen (secondary N) is 2. The van der Waals surface area contributed by atoms with Crippen LogP contribution < -0.4 is 10.6 Å². The Hall–Kier alpha value is -3.85. The predicted molar refractivity (Wildman–Crippen MR) is 122 cm³/mol. The van der Waals surface area contributed by atoms with Crippen molar-refractivity contribution in [1.82, 2.24) is 4.31 Å². The first-order valence-electron chi connectivity index (χ1n) is 9.32. The fourth-order valence-corrected chi connectivity index (χ4v) is 3.27. The van der Waals surface area contributed by atoms with E-state index in [9.17, 15) is 19.7 Å². The monoisotopic (exact) mass is 436 g/mol. The van der Waals surface area contributed by atoms with Crippen LogP contribution in [0.25, 0.3) is 0 Å². The average molecular weight is 436 g/mol. The van der Waals surface area contributed by atoms with Gasteiger partial charge in [0, 0.05) is 11.8 Å². The van der Waals surface area contributed by atoms with Crippen molar-refractivity contribution in [1.29, 1.82) is 0 Å². The molecule has 0 aliphatic rings. The number of nitro benzene ring substituents is 1. The first-order valence-corrected chi connectivity index (χ1v) is 9.72. The molecule has 0 heterocycles. The second-order valence-corrected chi connectivity index (χ2v) is 7.10. The van der Waals surface area contributed by atoms with Crippen molar-refractivity contribution in [2.75, 3.05) is 10.6 Å². The minimum Gasteiger partial charge on any atom is -0.324 e. The molecule has 0 aliphatic heterocycles. The molecular formula is C22H20N4O4S. The normalized spacial score (nSPS) is 11.3. The van der Waals surface area contributed by atoms with Gasteiger partial charge in [-0.15, -0.1) is 0 Å². The molecule has 2 N–H and O–H groups in total. The SMILES string of the molecule is Cc1ccccc1NC(=O)[C@@H](c1ccccc1)N(S)C(=O)Nc1ccccc1[N+](=O)[O-]. The fraction of sp³-hybridized carbons (Fsp3) is 0.0909. The van der Waals surface area contributed by atoms with Gasteiger partial charge in [-0.05, 0) is 30.2 Å². The number of rotatable bonds is 6. The van der Waals surface area contributed by atoms with Gasteiger partial charge in [-0.1, -0.05) is 73.5 Å². The van der Waals surface area contributed by atoms with Crippen LogP contribution in [0.15, 0.2) is 78.9 Å². The van der Waals surface area contributed by atoms with E-state index >= 15 is 0 Å². The van der Waals surface area contributed by atoms with Crippen molar-refractivity contribution in [3.8, 4) is 0 Å². The molecule has 3 aromatic rings. The molecule has 31 heavy (non-hydrogen) atoms. The Labute approximate surface area is 184 Å². The molecular weight excluding hydrogens is 416 g/mol. The zero-order valence-electron chi connectivity index (χ0n) is 16.6. The first-order chi connectivity index (χ1) is 14.9. The molecule has 3 amide bonds. The van der Waals surface area contributed by atoms with Crippen molar-refractivity contribution < 1.29 is 14.5 Å². The number of amides is 3. The summed E-state index contributed by atoms with van der Waals surface area (Å²) in [5, 5.41) is 16.5. The van der Waals surface area contributed by atoms with E-state index in [-0.39, 0.29) is 11.4 Å². The molecule has 0 radical (unpaired) electrons. The van der Waals surface area contributed by atoms with E-state index in [2.05, 4.69) is 23.4 Å². The highest BCUT2D eigenvalue weighted by Crippen LogP contribution is 2.28. The summed E-state index contributed by atoms with van der Waals surface area (Å²) in [6.07, 6.45) is 0. The van der Waals surface area contributed by atoms with Gasteiger partial charge in [0.15, 0.2) is 0 Å². The van der Waals surface area contributed by atoms with Gasteiger partial charge < -0.3 is 10.6 Å². The van der Waals surface area contributed by atoms with Crippen LogP contribution in [0.2, 0.25) is 0 Å². The van der Waals surface area contributed by atoms with Gasteiger partial charge in [0.1, 0.15) is 11.7 Å². The Bertz CT molecular complexity index is 1110. The maximum atomic E-state index is 13.1. The first kappa shape index (κ1) is 21.8. The van der Waals surface area contributed by atoms with E-state index in [0.717, 1.165) is 9.87 Å². The van der Waals surface area contributed by atoms with Crippen LogP contribution in [0.3, 0.4) is 0 Å². The minimum absolute atomic E-state index is 0.00248. The lowest BCUT2D eigenvalue weighted by Gasteiger charge is -2.26. The van der Waals surface area contributed by atoms with Crippen molar-refractivity contribution in [3.05, 3.63) is 100 Å². The molecule has 8 nitrogen and oxygen atoms in total. The summed E-state index contributed by atoms with van der Waals surface area (Å²) >= 11 is 4.27. The Morgan fingerprint density at radius 3 is 2.13 bits per heavy atom. The number of carbonyl (C=O) groups excluding carboxylic acids is 2. The van der Waals surface area contributed by atoms with Crippen molar-refractivity contribution in [2.45, 2.75) is 13.0 Å². The molecule has 3 aromatic carbocycles. The minimum atomic E-state index is -1.09.